The molecule has 1 atom stereocenters. The molecule has 2 rings (SSSR count). The molecule has 2 N–H and O–H groups in total. The molecule has 146 valence electrons. The number of hydrogen-bond donors (Lipinski definition) is 2. The van der Waals surface area contributed by atoms with Crippen LogP contribution in [0.2, 0.25) is 0 Å². The van der Waals surface area contributed by atoms with Crippen molar-refractivity contribution >= 4 is 5.96 Å². The quantitative estimate of drug-likeness (QED) is 0.527. The molecular formula is C19H40N6. The molecule has 0 aromatic rings. The molecule has 2 saturated heterocycles. The maximum Gasteiger partial charge on any atom is 0.191 e. The lowest BCUT2D eigenvalue weighted by Gasteiger charge is -2.34. The number of piperazine rings is 1. The van der Waals surface area contributed by atoms with Gasteiger partial charge in [-0.05, 0) is 38.8 Å². The summed E-state index contributed by atoms with van der Waals surface area (Å²) in [5.41, 5.74) is 0. The van der Waals surface area contributed by atoms with Gasteiger partial charge in [0.15, 0.2) is 5.96 Å². The van der Waals surface area contributed by atoms with Crippen LogP contribution in [0.1, 0.15) is 33.1 Å². The molecule has 0 aliphatic carbocycles. The topological polar surface area (TPSA) is 46.1 Å². The molecule has 1 unspecified atom stereocenters. The van der Waals surface area contributed by atoms with Crippen molar-refractivity contribution in [3.05, 3.63) is 0 Å². The Morgan fingerprint density at radius 3 is 2.36 bits per heavy atom. The van der Waals surface area contributed by atoms with Crippen molar-refractivity contribution < 1.29 is 0 Å². The predicted molar refractivity (Wildman–Crippen MR) is 107 cm³/mol. The number of likely N-dealkylation sites (N-methyl/N-ethyl adjacent to an activating group) is 1. The van der Waals surface area contributed by atoms with E-state index >= 15 is 0 Å². The fourth-order valence-corrected chi connectivity index (χ4v) is 3.81. The SMILES string of the molecule is CCCN1CCC(NC(=NC)NCC(C)CN2CCN(C)CC2)CC1. The molecule has 0 aromatic carbocycles. The average molecular weight is 353 g/mol. The molecule has 0 saturated carbocycles. The third-order valence-corrected chi connectivity index (χ3v) is 5.48. The van der Waals surface area contributed by atoms with Gasteiger partial charge in [-0.25, -0.2) is 0 Å². The van der Waals surface area contributed by atoms with E-state index in [-0.39, 0.29) is 0 Å². The summed E-state index contributed by atoms with van der Waals surface area (Å²) in [4.78, 5) is 12.0. The van der Waals surface area contributed by atoms with E-state index in [4.69, 9.17) is 0 Å². The summed E-state index contributed by atoms with van der Waals surface area (Å²) in [6.45, 7) is 15.2. The second-order valence-corrected chi connectivity index (χ2v) is 7.92. The third kappa shape index (κ3) is 7.50. The van der Waals surface area contributed by atoms with Crippen molar-refractivity contribution in [2.45, 2.75) is 39.2 Å². The summed E-state index contributed by atoms with van der Waals surface area (Å²) in [5, 5.41) is 7.16. The van der Waals surface area contributed by atoms with Crippen molar-refractivity contribution in [2.75, 3.05) is 73.0 Å². The van der Waals surface area contributed by atoms with E-state index in [0.29, 0.717) is 12.0 Å². The molecule has 25 heavy (non-hydrogen) atoms. The standard InChI is InChI=1S/C19H40N6/c1-5-8-24-9-6-18(7-10-24)22-19(20-3)21-15-17(2)16-25-13-11-23(4)12-14-25/h17-18H,5-16H2,1-4H3,(H2,20,21,22). The van der Waals surface area contributed by atoms with E-state index in [1.54, 1.807) is 0 Å². The highest BCUT2D eigenvalue weighted by Gasteiger charge is 2.20. The molecule has 0 spiro atoms. The molecule has 0 aromatic heterocycles. The number of nitrogens with one attached hydrogen (secondary N) is 2. The first-order chi connectivity index (χ1) is 12.1. The highest BCUT2D eigenvalue weighted by Crippen LogP contribution is 2.10. The van der Waals surface area contributed by atoms with Crippen LogP contribution in [0.4, 0.5) is 0 Å². The molecule has 0 radical (unpaired) electrons. The minimum Gasteiger partial charge on any atom is -0.356 e. The highest BCUT2D eigenvalue weighted by molar-refractivity contribution is 5.79. The number of aliphatic imine (C=N–C) groups is 1. The fraction of sp³-hybridized carbons (Fsp3) is 0.947. The van der Waals surface area contributed by atoms with Gasteiger partial charge in [-0.2, -0.15) is 0 Å². The van der Waals surface area contributed by atoms with Gasteiger partial charge in [0.25, 0.3) is 0 Å². The lowest BCUT2D eigenvalue weighted by Crippen LogP contribution is -2.50. The van der Waals surface area contributed by atoms with Crippen molar-refractivity contribution in [3.8, 4) is 0 Å². The first kappa shape index (κ1) is 20.5. The Morgan fingerprint density at radius 1 is 1.08 bits per heavy atom. The van der Waals surface area contributed by atoms with E-state index in [2.05, 4.69) is 51.2 Å². The number of hydrogen-bond acceptors (Lipinski definition) is 4. The number of likely N-dealkylation sites (tertiary alicyclic amines) is 1. The minimum atomic E-state index is 0.562. The molecular weight excluding hydrogens is 312 g/mol. The maximum atomic E-state index is 4.43. The van der Waals surface area contributed by atoms with Gasteiger partial charge in [0.1, 0.15) is 0 Å². The smallest absolute Gasteiger partial charge is 0.191 e. The van der Waals surface area contributed by atoms with Gasteiger partial charge in [-0.15, -0.1) is 0 Å². The van der Waals surface area contributed by atoms with E-state index in [9.17, 15) is 0 Å². The van der Waals surface area contributed by atoms with Crippen molar-refractivity contribution in [1.29, 1.82) is 0 Å². The summed E-state index contributed by atoms with van der Waals surface area (Å²) in [7, 11) is 4.09. The van der Waals surface area contributed by atoms with Gasteiger partial charge in [0, 0.05) is 65.4 Å². The van der Waals surface area contributed by atoms with E-state index in [0.717, 1.165) is 12.5 Å². The molecule has 2 aliphatic rings. The molecule has 2 heterocycles. The van der Waals surface area contributed by atoms with Crippen LogP contribution in [0.3, 0.4) is 0 Å². The summed E-state index contributed by atoms with van der Waals surface area (Å²) < 4.78 is 0. The van der Waals surface area contributed by atoms with Gasteiger partial charge in [0.2, 0.25) is 0 Å². The minimum absolute atomic E-state index is 0.562. The van der Waals surface area contributed by atoms with Crippen LogP contribution < -0.4 is 10.6 Å². The second kappa shape index (κ2) is 11.0. The Kier molecular flexibility index (Phi) is 8.99. The first-order valence-corrected chi connectivity index (χ1v) is 10.2. The Balaban J connectivity index is 1.63. The number of guanidine groups is 1. The first-order valence-electron chi connectivity index (χ1n) is 10.2. The van der Waals surface area contributed by atoms with Crippen molar-refractivity contribution in [3.63, 3.8) is 0 Å². The van der Waals surface area contributed by atoms with Crippen LogP contribution in [0.15, 0.2) is 4.99 Å². The maximum absolute atomic E-state index is 4.43. The Labute approximate surface area is 155 Å². The molecule has 0 amide bonds. The van der Waals surface area contributed by atoms with E-state index in [1.165, 1.54) is 71.6 Å². The zero-order valence-electron chi connectivity index (χ0n) is 16.9. The van der Waals surface area contributed by atoms with Gasteiger partial charge in [-0.3, -0.25) is 4.99 Å². The van der Waals surface area contributed by atoms with Gasteiger partial charge < -0.3 is 25.3 Å². The summed E-state index contributed by atoms with van der Waals surface area (Å²) in [6.07, 6.45) is 3.70. The number of rotatable bonds is 7. The Bertz CT molecular complexity index is 383. The summed E-state index contributed by atoms with van der Waals surface area (Å²) in [6, 6.07) is 0.562. The lowest BCUT2D eigenvalue weighted by atomic mass is 10.1. The predicted octanol–water partition coefficient (Wildman–Crippen LogP) is 0.909. The zero-order chi connectivity index (χ0) is 18.1. The Morgan fingerprint density at radius 2 is 1.76 bits per heavy atom. The monoisotopic (exact) mass is 352 g/mol. The molecule has 6 heteroatoms. The summed E-state index contributed by atoms with van der Waals surface area (Å²) in [5.74, 6) is 1.60. The third-order valence-electron chi connectivity index (χ3n) is 5.48. The van der Waals surface area contributed by atoms with Crippen molar-refractivity contribution in [1.82, 2.24) is 25.3 Å². The lowest BCUT2D eigenvalue weighted by molar-refractivity contribution is 0.139. The molecule has 6 nitrogen and oxygen atoms in total. The zero-order valence-corrected chi connectivity index (χ0v) is 16.9. The van der Waals surface area contributed by atoms with Crippen LogP contribution in [0, 0.1) is 5.92 Å². The van der Waals surface area contributed by atoms with Gasteiger partial charge in [0.05, 0.1) is 0 Å². The largest absolute Gasteiger partial charge is 0.356 e. The normalized spacial score (nSPS) is 23.6. The van der Waals surface area contributed by atoms with E-state index in [1.807, 2.05) is 7.05 Å². The molecule has 2 fully saturated rings. The second-order valence-electron chi connectivity index (χ2n) is 7.92. The number of piperidine rings is 1. The van der Waals surface area contributed by atoms with Crippen LogP contribution in [-0.2, 0) is 0 Å². The van der Waals surface area contributed by atoms with E-state index < -0.39 is 0 Å². The van der Waals surface area contributed by atoms with Crippen LogP contribution >= 0.6 is 0 Å². The molecule has 2 aliphatic heterocycles. The van der Waals surface area contributed by atoms with Crippen LogP contribution in [0.5, 0.6) is 0 Å². The van der Waals surface area contributed by atoms with Gasteiger partial charge >= 0.3 is 0 Å². The fourth-order valence-electron chi connectivity index (χ4n) is 3.81. The average Bonchev–Trinajstić information content (AvgIpc) is 2.62. The van der Waals surface area contributed by atoms with Crippen LogP contribution in [0.25, 0.3) is 0 Å². The van der Waals surface area contributed by atoms with Gasteiger partial charge in [-0.1, -0.05) is 13.8 Å². The highest BCUT2D eigenvalue weighted by atomic mass is 15.3. The van der Waals surface area contributed by atoms with Crippen LogP contribution in [-0.4, -0.2) is 99.7 Å². The Hall–Kier alpha value is -0.850. The summed E-state index contributed by atoms with van der Waals surface area (Å²) >= 11 is 0. The molecule has 0 bridgehead atoms. The number of nitrogens with zero attached hydrogens (tertiary/aromatic N) is 4. The van der Waals surface area contributed by atoms with Crippen molar-refractivity contribution in [2.24, 2.45) is 10.9 Å².